The van der Waals surface area contributed by atoms with Gasteiger partial charge in [0.25, 0.3) is 0 Å². The molecule has 1 N–H and O–H groups in total. The largest absolute Gasteiger partial charge is 0.496 e. The number of nitrogens with one attached hydrogen (secondary N) is 1. The second-order valence-corrected chi connectivity index (χ2v) is 5.33. The summed E-state index contributed by atoms with van der Waals surface area (Å²) in [5, 5.41) is 3.52. The lowest BCUT2D eigenvalue weighted by molar-refractivity contribution is 0.334. The predicted molar refractivity (Wildman–Crippen MR) is 75.9 cm³/mol. The molecule has 1 aliphatic rings. The molecule has 0 bridgehead atoms. The second kappa shape index (κ2) is 6.90. The maximum atomic E-state index is 14.2. The van der Waals surface area contributed by atoms with Gasteiger partial charge in [0.15, 0.2) is 0 Å². The van der Waals surface area contributed by atoms with Crippen LogP contribution >= 0.6 is 0 Å². The molecule has 1 unspecified atom stereocenters. The predicted octanol–water partition coefficient (Wildman–Crippen LogP) is 4.07. The van der Waals surface area contributed by atoms with Crippen molar-refractivity contribution in [2.24, 2.45) is 5.92 Å². The van der Waals surface area contributed by atoms with Gasteiger partial charge in [-0.2, -0.15) is 0 Å². The minimum Gasteiger partial charge on any atom is -0.496 e. The standard InChI is InChI=1S/C16H24FNO/c1-3-11-18-16(12-7-4-5-8-12)15-13(17)9-6-10-14(15)19-2/h6,9-10,12,16,18H,3-5,7-8,11H2,1-2H3. The molecule has 0 aromatic heterocycles. The first-order valence-corrected chi connectivity index (χ1v) is 7.33. The van der Waals surface area contributed by atoms with Crippen LogP contribution in [0.3, 0.4) is 0 Å². The number of methoxy groups -OCH3 is 1. The van der Waals surface area contributed by atoms with E-state index in [1.54, 1.807) is 13.2 Å². The molecular weight excluding hydrogens is 241 g/mol. The van der Waals surface area contributed by atoms with Crippen molar-refractivity contribution in [2.75, 3.05) is 13.7 Å². The Morgan fingerprint density at radius 2 is 2.11 bits per heavy atom. The summed E-state index contributed by atoms with van der Waals surface area (Å²) in [5.41, 5.74) is 0.713. The van der Waals surface area contributed by atoms with Gasteiger partial charge in [0.2, 0.25) is 0 Å². The number of halogens is 1. The zero-order valence-electron chi connectivity index (χ0n) is 11.9. The highest BCUT2D eigenvalue weighted by Crippen LogP contribution is 2.40. The van der Waals surface area contributed by atoms with E-state index in [-0.39, 0.29) is 11.9 Å². The van der Waals surface area contributed by atoms with E-state index < -0.39 is 0 Å². The molecule has 0 aliphatic heterocycles. The van der Waals surface area contributed by atoms with Gasteiger partial charge >= 0.3 is 0 Å². The van der Waals surface area contributed by atoms with E-state index in [9.17, 15) is 4.39 Å². The third kappa shape index (κ3) is 3.27. The molecule has 0 amide bonds. The fourth-order valence-corrected chi connectivity index (χ4v) is 3.09. The van der Waals surface area contributed by atoms with Crippen molar-refractivity contribution in [1.82, 2.24) is 5.32 Å². The fraction of sp³-hybridized carbons (Fsp3) is 0.625. The van der Waals surface area contributed by atoms with E-state index in [1.165, 1.54) is 31.7 Å². The first kappa shape index (κ1) is 14.3. The van der Waals surface area contributed by atoms with Crippen LogP contribution < -0.4 is 10.1 Å². The first-order valence-electron chi connectivity index (χ1n) is 7.33. The van der Waals surface area contributed by atoms with Crippen molar-refractivity contribution < 1.29 is 9.13 Å². The van der Waals surface area contributed by atoms with Crippen LogP contribution in [0.5, 0.6) is 5.75 Å². The normalized spacial score (nSPS) is 17.6. The Labute approximate surface area is 115 Å². The van der Waals surface area contributed by atoms with E-state index in [0.29, 0.717) is 17.2 Å². The van der Waals surface area contributed by atoms with Crippen molar-refractivity contribution in [3.8, 4) is 5.75 Å². The topological polar surface area (TPSA) is 21.3 Å². The average molecular weight is 265 g/mol. The van der Waals surface area contributed by atoms with Gasteiger partial charge in [-0.15, -0.1) is 0 Å². The van der Waals surface area contributed by atoms with E-state index in [2.05, 4.69) is 12.2 Å². The number of ether oxygens (including phenoxy) is 1. The maximum absolute atomic E-state index is 14.2. The maximum Gasteiger partial charge on any atom is 0.131 e. The Hall–Kier alpha value is -1.09. The highest BCUT2D eigenvalue weighted by molar-refractivity contribution is 5.37. The molecule has 19 heavy (non-hydrogen) atoms. The van der Waals surface area contributed by atoms with E-state index in [1.807, 2.05) is 6.07 Å². The van der Waals surface area contributed by atoms with E-state index in [4.69, 9.17) is 4.74 Å². The Morgan fingerprint density at radius 3 is 2.74 bits per heavy atom. The molecule has 1 aromatic rings. The van der Waals surface area contributed by atoms with Gasteiger partial charge in [-0.05, 0) is 43.9 Å². The average Bonchev–Trinajstić information content (AvgIpc) is 2.94. The number of hydrogen-bond acceptors (Lipinski definition) is 2. The quantitative estimate of drug-likeness (QED) is 0.837. The van der Waals surface area contributed by atoms with Gasteiger partial charge in [-0.1, -0.05) is 25.8 Å². The van der Waals surface area contributed by atoms with Crippen LogP contribution in [0.25, 0.3) is 0 Å². The van der Waals surface area contributed by atoms with Crippen molar-refractivity contribution in [1.29, 1.82) is 0 Å². The zero-order valence-corrected chi connectivity index (χ0v) is 11.9. The molecule has 1 saturated carbocycles. The Balaban J connectivity index is 2.30. The van der Waals surface area contributed by atoms with Crippen LogP contribution in [0.4, 0.5) is 4.39 Å². The molecule has 1 aromatic carbocycles. The van der Waals surface area contributed by atoms with E-state index >= 15 is 0 Å². The molecule has 0 radical (unpaired) electrons. The molecule has 1 fully saturated rings. The highest BCUT2D eigenvalue weighted by Gasteiger charge is 2.30. The minimum absolute atomic E-state index is 0.0820. The van der Waals surface area contributed by atoms with Crippen molar-refractivity contribution in [3.05, 3.63) is 29.6 Å². The lowest BCUT2D eigenvalue weighted by Gasteiger charge is -2.27. The van der Waals surface area contributed by atoms with Crippen molar-refractivity contribution in [2.45, 2.75) is 45.1 Å². The summed E-state index contributed by atoms with van der Waals surface area (Å²) in [6.07, 6.45) is 5.93. The van der Waals surface area contributed by atoms with Gasteiger partial charge < -0.3 is 10.1 Å². The summed E-state index contributed by atoms with van der Waals surface area (Å²) in [4.78, 5) is 0. The fourth-order valence-electron chi connectivity index (χ4n) is 3.09. The molecule has 0 spiro atoms. The molecule has 1 atom stereocenters. The number of benzene rings is 1. The van der Waals surface area contributed by atoms with Crippen LogP contribution in [0, 0.1) is 11.7 Å². The number of hydrogen-bond donors (Lipinski definition) is 1. The summed E-state index contributed by atoms with van der Waals surface area (Å²) in [5.74, 6) is 1.04. The Morgan fingerprint density at radius 1 is 1.37 bits per heavy atom. The third-order valence-electron chi connectivity index (χ3n) is 4.03. The molecule has 1 aliphatic carbocycles. The summed E-state index contributed by atoms with van der Waals surface area (Å²) >= 11 is 0. The summed E-state index contributed by atoms with van der Waals surface area (Å²) < 4.78 is 19.6. The summed E-state index contributed by atoms with van der Waals surface area (Å²) in [7, 11) is 1.61. The Bertz CT molecular complexity index is 402. The monoisotopic (exact) mass is 265 g/mol. The van der Waals surface area contributed by atoms with Gasteiger partial charge in [0.05, 0.1) is 7.11 Å². The van der Waals surface area contributed by atoms with Gasteiger partial charge in [0, 0.05) is 11.6 Å². The zero-order chi connectivity index (χ0) is 13.7. The van der Waals surface area contributed by atoms with Crippen LogP contribution in [-0.2, 0) is 0 Å². The molecule has 3 heteroatoms. The minimum atomic E-state index is -0.153. The van der Waals surface area contributed by atoms with E-state index in [0.717, 1.165) is 13.0 Å². The van der Waals surface area contributed by atoms with Crippen LogP contribution in [0.15, 0.2) is 18.2 Å². The molecule has 0 saturated heterocycles. The third-order valence-corrected chi connectivity index (χ3v) is 4.03. The Kier molecular flexibility index (Phi) is 5.20. The van der Waals surface area contributed by atoms with Gasteiger partial charge in [-0.3, -0.25) is 0 Å². The van der Waals surface area contributed by atoms with Crippen LogP contribution in [0.1, 0.15) is 50.6 Å². The smallest absolute Gasteiger partial charge is 0.131 e. The lowest BCUT2D eigenvalue weighted by Crippen LogP contribution is -2.29. The van der Waals surface area contributed by atoms with Gasteiger partial charge in [-0.25, -0.2) is 4.39 Å². The SMILES string of the molecule is CCCNC(c1c(F)cccc1OC)C1CCCC1. The molecule has 2 nitrogen and oxygen atoms in total. The molecule has 0 heterocycles. The van der Waals surface area contributed by atoms with Crippen molar-refractivity contribution in [3.63, 3.8) is 0 Å². The second-order valence-electron chi connectivity index (χ2n) is 5.33. The lowest BCUT2D eigenvalue weighted by atomic mass is 9.90. The summed E-state index contributed by atoms with van der Waals surface area (Å²) in [6, 6.07) is 5.18. The number of rotatable bonds is 6. The molecule has 106 valence electrons. The van der Waals surface area contributed by atoms with Crippen LogP contribution in [0.2, 0.25) is 0 Å². The molecule has 2 rings (SSSR count). The van der Waals surface area contributed by atoms with Crippen LogP contribution in [-0.4, -0.2) is 13.7 Å². The van der Waals surface area contributed by atoms with Gasteiger partial charge in [0.1, 0.15) is 11.6 Å². The molecular formula is C16H24FNO. The summed E-state index contributed by atoms with van der Waals surface area (Å²) in [6.45, 7) is 3.05. The first-order chi connectivity index (χ1) is 9.27. The highest BCUT2D eigenvalue weighted by atomic mass is 19.1. The van der Waals surface area contributed by atoms with Crippen molar-refractivity contribution >= 4 is 0 Å².